The van der Waals surface area contributed by atoms with Crippen LogP contribution in [-0.2, 0) is 4.74 Å². The lowest BCUT2D eigenvalue weighted by atomic mass is 10.0. The van der Waals surface area contributed by atoms with Crippen molar-refractivity contribution in [2.45, 2.75) is 12.1 Å². The van der Waals surface area contributed by atoms with E-state index in [1.807, 2.05) is 42.9 Å². The summed E-state index contributed by atoms with van der Waals surface area (Å²) >= 11 is 5.82. The van der Waals surface area contributed by atoms with Gasteiger partial charge in [-0.15, -0.1) is 0 Å². The molecule has 2 saturated heterocycles. The number of aromatic nitrogens is 3. The average molecular weight is 435 g/mol. The highest BCUT2D eigenvalue weighted by Gasteiger charge is 2.41. The summed E-state index contributed by atoms with van der Waals surface area (Å²) in [5.41, 5.74) is 3.25. The third-order valence-corrected chi connectivity index (χ3v) is 6.34. The minimum absolute atomic E-state index is 0.0196. The first kappa shape index (κ1) is 20.1. The lowest BCUT2D eigenvalue weighted by Gasteiger charge is -2.32. The number of ether oxygens (including phenoxy) is 1. The normalized spacial score (nSPS) is 21.9. The van der Waals surface area contributed by atoms with Crippen molar-refractivity contribution in [1.29, 1.82) is 0 Å². The van der Waals surface area contributed by atoms with E-state index in [0.717, 1.165) is 55.9 Å². The van der Waals surface area contributed by atoms with Crippen molar-refractivity contribution in [2.24, 2.45) is 0 Å². The molecule has 1 N–H and O–H groups in total. The predicted molar refractivity (Wildman–Crippen MR) is 123 cm³/mol. The molecule has 0 aromatic carbocycles. The molecule has 31 heavy (non-hydrogen) atoms. The summed E-state index contributed by atoms with van der Waals surface area (Å²) in [6.07, 6.45) is 7.59. The monoisotopic (exact) mass is 434 g/mol. The van der Waals surface area contributed by atoms with Crippen molar-refractivity contribution >= 4 is 17.3 Å². The van der Waals surface area contributed by atoms with Crippen molar-refractivity contribution in [3.63, 3.8) is 0 Å². The molecule has 5 rings (SSSR count). The van der Waals surface area contributed by atoms with E-state index in [1.165, 1.54) is 5.69 Å². The van der Waals surface area contributed by atoms with Crippen molar-refractivity contribution in [3.05, 3.63) is 78.6 Å². The second-order valence-electron chi connectivity index (χ2n) is 7.78. The summed E-state index contributed by atoms with van der Waals surface area (Å²) in [5, 5.41) is 4.33. The Bertz CT molecular complexity index is 1010. The third kappa shape index (κ3) is 4.19. The summed E-state index contributed by atoms with van der Waals surface area (Å²) in [5.74, 6) is 0. The van der Waals surface area contributed by atoms with Gasteiger partial charge < -0.3 is 19.5 Å². The smallest absolute Gasteiger partial charge is 0.170 e. The van der Waals surface area contributed by atoms with E-state index < -0.39 is 0 Å². The van der Waals surface area contributed by atoms with Crippen molar-refractivity contribution in [1.82, 2.24) is 29.7 Å². The second kappa shape index (κ2) is 9.13. The van der Waals surface area contributed by atoms with Crippen LogP contribution in [0, 0.1) is 0 Å². The highest BCUT2D eigenvalue weighted by atomic mass is 32.1. The van der Waals surface area contributed by atoms with E-state index in [1.54, 1.807) is 0 Å². The van der Waals surface area contributed by atoms with Crippen LogP contribution in [0.15, 0.2) is 67.3 Å². The summed E-state index contributed by atoms with van der Waals surface area (Å²) < 4.78 is 7.72. The average Bonchev–Trinajstić information content (AvgIpc) is 3.44. The van der Waals surface area contributed by atoms with Gasteiger partial charge in [-0.2, -0.15) is 0 Å². The highest BCUT2D eigenvalue weighted by molar-refractivity contribution is 7.80. The van der Waals surface area contributed by atoms with Gasteiger partial charge in [0.15, 0.2) is 5.11 Å². The standard InChI is InChI=1S/C23H26N6OS/c31-23-26-21(19-4-1-2-8-25-19)22(29(23)13-12-27-14-16-30-17-15-27)20-5-3-11-28(20)18-6-9-24-10-7-18/h1-11,21-22H,12-17H2,(H,26,31)/t21-,22+/m1/s1. The minimum Gasteiger partial charge on any atom is -0.379 e. The Morgan fingerprint density at radius 2 is 1.84 bits per heavy atom. The molecule has 0 unspecified atom stereocenters. The fourth-order valence-corrected chi connectivity index (χ4v) is 4.75. The van der Waals surface area contributed by atoms with Gasteiger partial charge in [0.25, 0.3) is 0 Å². The Labute approximate surface area is 187 Å². The zero-order valence-corrected chi connectivity index (χ0v) is 18.1. The zero-order chi connectivity index (χ0) is 21.0. The fraction of sp³-hybridized carbons (Fsp3) is 0.348. The number of nitrogens with one attached hydrogen (secondary N) is 1. The fourth-order valence-electron chi connectivity index (χ4n) is 4.42. The van der Waals surface area contributed by atoms with Gasteiger partial charge >= 0.3 is 0 Å². The van der Waals surface area contributed by atoms with Crippen molar-refractivity contribution in [2.75, 3.05) is 39.4 Å². The quantitative estimate of drug-likeness (QED) is 0.599. The molecule has 2 aliphatic rings. The first-order chi connectivity index (χ1) is 15.3. The topological polar surface area (TPSA) is 58.5 Å². The molecule has 5 heterocycles. The van der Waals surface area contributed by atoms with Crippen LogP contribution in [0.5, 0.6) is 0 Å². The van der Waals surface area contributed by atoms with Gasteiger partial charge in [0.1, 0.15) is 0 Å². The summed E-state index contributed by atoms with van der Waals surface area (Å²) in [7, 11) is 0. The van der Waals surface area contributed by atoms with Crippen molar-refractivity contribution < 1.29 is 4.74 Å². The second-order valence-corrected chi connectivity index (χ2v) is 8.17. The SMILES string of the molecule is S=C1N[C@H](c2ccccn2)[C@H](c2cccn2-c2ccncc2)N1CCN1CCOCC1. The van der Waals surface area contributed by atoms with Crippen LogP contribution in [0.25, 0.3) is 5.69 Å². The Morgan fingerprint density at radius 3 is 2.61 bits per heavy atom. The number of thiocarbonyl (C=S) groups is 1. The first-order valence-electron chi connectivity index (χ1n) is 10.7. The summed E-state index contributed by atoms with van der Waals surface area (Å²) in [6, 6.07) is 14.4. The van der Waals surface area contributed by atoms with Crippen LogP contribution in [0.4, 0.5) is 0 Å². The highest BCUT2D eigenvalue weighted by Crippen LogP contribution is 2.39. The number of nitrogens with zero attached hydrogens (tertiary/aromatic N) is 5. The number of pyridine rings is 2. The molecule has 0 spiro atoms. The van der Waals surface area contributed by atoms with E-state index in [9.17, 15) is 0 Å². The molecule has 0 radical (unpaired) electrons. The predicted octanol–water partition coefficient (Wildman–Crippen LogP) is 2.57. The molecule has 160 valence electrons. The van der Waals surface area contributed by atoms with Crippen LogP contribution in [0.2, 0.25) is 0 Å². The van der Waals surface area contributed by atoms with Gasteiger partial charge in [-0.1, -0.05) is 6.07 Å². The maximum atomic E-state index is 5.82. The van der Waals surface area contributed by atoms with Crippen LogP contribution in [0.1, 0.15) is 23.5 Å². The van der Waals surface area contributed by atoms with Gasteiger partial charge in [-0.05, 0) is 48.6 Å². The Kier molecular flexibility index (Phi) is 5.93. The number of morpholine rings is 1. The van der Waals surface area contributed by atoms with Gasteiger partial charge in [-0.25, -0.2) is 0 Å². The third-order valence-electron chi connectivity index (χ3n) is 5.98. The molecule has 0 bridgehead atoms. The maximum Gasteiger partial charge on any atom is 0.170 e. The first-order valence-corrected chi connectivity index (χ1v) is 11.1. The molecular formula is C23H26N6OS. The van der Waals surface area contributed by atoms with Crippen LogP contribution >= 0.6 is 12.2 Å². The van der Waals surface area contributed by atoms with E-state index in [2.05, 4.69) is 54.0 Å². The van der Waals surface area contributed by atoms with E-state index in [4.69, 9.17) is 17.0 Å². The van der Waals surface area contributed by atoms with Gasteiger partial charge in [-0.3, -0.25) is 14.9 Å². The minimum atomic E-state index is -0.0196. The molecular weight excluding hydrogens is 408 g/mol. The molecule has 3 aromatic rings. The molecule has 2 aliphatic heterocycles. The molecule has 8 heteroatoms. The lowest BCUT2D eigenvalue weighted by molar-refractivity contribution is 0.0349. The Balaban J connectivity index is 1.49. The van der Waals surface area contributed by atoms with Crippen molar-refractivity contribution in [3.8, 4) is 5.69 Å². The zero-order valence-electron chi connectivity index (χ0n) is 17.3. The number of rotatable bonds is 6. The van der Waals surface area contributed by atoms with Gasteiger partial charge in [0.2, 0.25) is 0 Å². The molecule has 3 aromatic heterocycles. The largest absolute Gasteiger partial charge is 0.379 e. The molecule has 0 saturated carbocycles. The number of hydrogen-bond donors (Lipinski definition) is 1. The van der Waals surface area contributed by atoms with Gasteiger partial charge in [0, 0.05) is 62.3 Å². The van der Waals surface area contributed by atoms with Crippen LogP contribution in [0.3, 0.4) is 0 Å². The van der Waals surface area contributed by atoms with Crippen LogP contribution in [-0.4, -0.2) is 68.8 Å². The number of hydrogen-bond acceptors (Lipinski definition) is 5. The van der Waals surface area contributed by atoms with E-state index in [-0.39, 0.29) is 12.1 Å². The van der Waals surface area contributed by atoms with E-state index >= 15 is 0 Å². The molecule has 0 amide bonds. The van der Waals surface area contributed by atoms with Gasteiger partial charge in [0.05, 0.1) is 31.0 Å². The molecule has 7 nitrogen and oxygen atoms in total. The molecule has 2 fully saturated rings. The van der Waals surface area contributed by atoms with Crippen LogP contribution < -0.4 is 5.32 Å². The summed E-state index contributed by atoms with van der Waals surface area (Å²) in [6.45, 7) is 5.33. The molecule has 2 atom stereocenters. The Hall–Kier alpha value is -2.81. The maximum absolute atomic E-state index is 5.82. The molecule has 0 aliphatic carbocycles. The summed E-state index contributed by atoms with van der Waals surface area (Å²) in [4.78, 5) is 13.6. The van der Waals surface area contributed by atoms with E-state index in [0.29, 0.717) is 0 Å². The lowest BCUT2D eigenvalue weighted by Crippen LogP contribution is -2.42. The Morgan fingerprint density at radius 1 is 1.00 bits per heavy atom.